The lowest BCUT2D eigenvalue weighted by Crippen LogP contribution is -2.23. The largest absolute Gasteiger partial charge is 0.306 e. The predicted molar refractivity (Wildman–Crippen MR) is 85.6 cm³/mol. The molecule has 0 amide bonds. The van der Waals surface area contributed by atoms with E-state index < -0.39 is 0 Å². The highest BCUT2D eigenvalue weighted by molar-refractivity contribution is 6.42. The number of aromatic nitrogens is 1. The molecule has 1 N–H and O–H groups in total. The van der Waals surface area contributed by atoms with E-state index in [-0.39, 0.29) is 6.04 Å². The lowest BCUT2D eigenvalue weighted by molar-refractivity contribution is 0.597. The van der Waals surface area contributed by atoms with Crippen LogP contribution in [-0.4, -0.2) is 11.5 Å². The molecule has 0 spiro atoms. The Morgan fingerprint density at radius 3 is 2.75 bits per heavy atom. The van der Waals surface area contributed by atoms with E-state index in [9.17, 15) is 0 Å². The van der Waals surface area contributed by atoms with Crippen molar-refractivity contribution in [2.75, 3.05) is 6.54 Å². The van der Waals surface area contributed by atoms with Gasteiger partial charge in [-0.3, -0.25) is 4.98 Å². The highest BCUT2D eigenvalue weighted by Crippen LogP contribution is 2.33. The second-order valence-corrected chi connectivity index (χ2v) is 5.61. The Hall–Kier alpha value is -1.09. The standard InChI is InChI=1S/C16H18Cl2N2/c1-3-7-20-16(12-8-11(2)9-19-10-12)13-5-4-6-14(17)15(13)18/h4-6,8-10,16,20H,3,7H2,1-2H3. The van der Waals surface area contributed by atoms with Gasteiger partial charge in [0.05, 0.1) is 16.1 Å². The van der Waals surface area contributed by atoms with Crippen molar-refractivity contribution in [3.8, 4) is 0 Å². The summed E-state index contributed by atoms with van der Waals surface area (Å²) in [5.41, 5.74) is 3.21. The van der Waals surface area contributed by atoms with E-state index in [1.165, 1.54) is 0 Å². The number of aryl methyl sites for hydroxylation is 1. The highest BCUT2D eigenvalue weighted by atomic mass is 35.5. The Bertz CT molecular complexity index is 584. The van der Waals surface area contributed by atoms with E-state index in [0.29, 0.717) is 10.0 Å². The van der Waals surface area contributed by atoms with Gasteiger partial charge in [-0.15, -0.1) is 0 Å². The number of nitrogens with one attached hydrogen (secondary N) is 1. The van der Waals surface area contributed by atoms with E-state index in [1.807, 2.05) is 31.5 Å². The lowest BCUT2D eigenvalue weighted by atomic mass is 9.99. The summed E-state index contributed by atoms with van der Waals surface area (Å²) in [6.45, 7) is 5.08. The molecule has 2 aromatic rings. The van der Waals surface area contributed by atoms with Gasteiger partial charge in [0.15, 0.2) is 0 Å². The first-order chi connectivity index (χ1) is 9.63. The van der Waals surface area contributed by atoms with Crippen molar-refractivity contribution in [2.45, 2.75) is 26.3 Å². The molecule has 106 valence electrons. The van der Waals surface area contributed by atoms with E-state index in [2.05, 4.69) is 23.3 Å². The molecule has 0 fully saturated rings. The Balaban J connectivity index is 2.44. The number of hydrogen-bond acceptors (Lipinski definition) is 2. The van der Waals surface area contributed by atoms with Crippen molar-refractivity contribution < 1.29 is 0 Å². The molecule has 2 nitrogen and oxygen atoms in total. The Morgan fingerprint density at radius 2 is 2.05 bits per heavy atom. The van der Waals surface area contributed by atoms with Gasteiger partial charge in [-0.1, -0.05) is 48.3 Å². The fourth-order valence-electron chi connectivity index (χ4n) is 2.18. The van der Waals surface area contributed by atoms with Gasteiger partial charge in [0, 0.05) is 12.4 Å². The van der Waals surface area contributed by atoms with Crippen molar-refractivity contribution in [1.82, 2.24) is 10.3 Å². The van der Waals surface area contributed by atoms with E-state index in [0.717, 1.165) is 29.7 Å². The zero-order valence-corrected chi connectivity index (χ0v) is 13.2. The summed E-state index contributed by atoms with van der Waals surface area (Å²) in [4.78, 5) is 4.27. The molecule has 0 saturated carbocycles. The van der Waals surface area contributed by atoms with Crippen LogP contribution < -0.4 is 5.32 Å². The van der Waals surface area contributed by atoms with Crippen molar-refractivity contribution in [1.29, 1.82) is 0 Å². The van der Waals surface area contributed by atoms with E-state index >= 15 is 0 Å². The molecule has 0 aliphatic heterocycles. The summed E-state index contributed by atoms with van der Waals surface area (Å²) < 4.78 is 0. The van der Waals surface area contributed by atoms with Crippen molar-refractivity contribution >= 4 is 23.2 Å². The summed E-state index contributed by atoms with van der Waals surface area (Å²) in [7, 11) is 0. The number of halogens is 2. The topological polar surface area (TPSA) is 24.9 Å². The smallest absolute Gasteiger partial charge is 0.0643 e. The third-order valence-corrected chi connectivity index (χ3v) is 3.95. The maximum atomic E-state index is 6.36. The first-order valence-corrected chi connectivity index (χ1v) is 7.48. The van der Waals surface area contributed by atoms with Crippen LogP contribution in [0.25, 0.3) is 0 Å². The van der Waals surface area contributed by atoms with Crippen LogP contribution in [0.2, 0.25) is 10.0 Å². The maximum Gasteiger partial charge on any atom is 0.0643 e. The Kier molecular flexibility index (Phi) is 5.41. The second kappa shape index (κ2) is 7.07. The molecule has 0 aliphatic rings. The van der Waals surface area contributed by atoms with E-state index in [1.54, 1.807) is 6.07 Å². The molecule has 0 bridgehead atoms. The van der Waals surface area contributed by atoms with Gasteiger partial charge in [-0.05, 0) is 42.6 Å². The fraction of sp³-hybridized carbons (Fsp3) is 0.312. The summed E-state index contributed by atoms with van der Waals surface area (Å²) in [5.74, 6) is 0. The zero-order chi connectivity index (χ0) is 14.5. The molecule has 0 saturated heterocycles. The number of nitrogens with zero attached hydrogens (tertiary/aromatic N) is 1. The highest BCUT2D eigenvalue weighted by Gasteiger charge is 2.18. The molecule has 1 aromatic heterocycles. The summed E-state index contributed by atoms with van der Waals surface area (Å²) in [6, 6.07) is 7.86. The Morgan fingerprint density at radius 1 is 1.25 bits per heavy atom. The van der Waals surface area contributed by atoms with Gasteiger partial charge in [0.2, 0.25) is 0 Å². The van der Waals surface area contributed by atoms with Gasteiger partial charge in [0.25, 0.3) is 0 Å². The number of hydrogen-bond donors (Lipinski definition) is 1. The first kappa shape index (κ1) is 15.3. The van der Waals surface area contributed by atoms with Crippen molar-refractivity contribution in [3.63, 3.8) is 0 Å². The second-order valence-electron chi connectivity index (χ2n) is 4.83. The van der Waals surface area contributed by atoms with Gasteiger partial charge < -0.3 is 5.32 Å². The molecule has 4 heteroatoms. The SMILES string of the molecule is CCCNC(c1cncc(C)c1)c1cccc(Cl)c1Cl. The van der Waals surface area contributed by atoms with Crippen LogP contribution in [0.15, 0.2) is 36.7 Å². The van der Waals surface area contributed by atoms with Crippen LogP contribution in [0.4, 0.5) is 0 Å². The molecule has 1 heterocycles. The molecule has 1 atom stereocenters. The Labute approximate surface area is 130 Å². The van der Waals surface area contributed by atoms with Crippen LogP contribution in [-0.2, 0) is 0 Å². The van der Waals surface area contributed by atoms with Gasteiger partial charge in [-0.2, -0.15) is 0 Å². The third-order valence-electron chi connectivity index (χ3n) is 3.12. The maximum absolute atomic E-state index is 6.36. The van der Waals surface area contributed by atoms with Gasteiger partial charge in [0.1, 0.15) is 0 Å². The molecular formula is C16H18Cl2N2. The van der Waals surface area contributed by atoms with Crippen LogP contribution in [0.1, 0.15) is 36.1 Å². The molecule has 2 rings (SSSR count). The number of rotatable bonds is 5. The molecular weight excluding hydrogens is 291 g/mol. The molecule has 0 radical (unpaired) electrons. The normalized spacial score (nSPS) is 12.4. The fourth-order valence-corrected chi connectivity index (χ4v) is 2.59. The van der Waals surface area contributed by atoms with Crippen LogP contribution in [0.3, 0.4) is 0 Å². The quantitative estimate of drug-likeness (QED) is 0.859. The lowest BCUT2D eigenvalue weighted by Gasteiger charge is -2.21. The minimum absolute atomic E-state index is 0.00792. The van der Waals surface area contributed by atoms with Crippen molar-refractivity contribution in [2.24, 2.45) is 0 Å². The first-order valence-electron chi connectivity index (χ1n) is 6.72. The summed E-state index contributed by atoms with van der Waals surface area (Å²) in [6.07, 6.45) is 4.77. The number of pyridine rings is 1. The van der Waals surface area contributed by atoms with E-state index in [4.69, 9.17) is 23.2 Å². The average molecular weight is 309 g/mol. The minimum atomic E-state index is 0.00792. The third kappa shape index (κ3) is 3.51. The summed E-state index contributed by atoms with van der Waals surface area (Å²) >= 11 is 12.5. The van der Waals surface area contributed by atoms with Crippen LogP contribution in [0.5, 0.6) is 0 Å². The van der Waals surface area contributed by atoms with Crippen molar-refractivity contribution in [3.05, 3.63) is 63.4 Å². The van der Waals surface area contributed by atoms with Gasteiger partial charge in [-0.25, -0.2) is 0 Å². The molecule has 20 heavy (non-hydrogen) atoms. The van der Waals surface area contributed by atoms with Crippen LogP contribution in [0, 0.1) is 6.92 Å². The molecule has 1 unspecified atom stereocenters. The minimum Gasteiger partial charge on any atom is -0.306 e. The average Bonchev–Trinajstić information content (AvgIpc) is 2.44. The monoisotopic (exact) mass is 308 g/mol. The predicted octanol–water partition coefficient (Wildman–Crippen LogP) is 4.79. The summed E-state index contributed by atoms with van der Waals surface area (Å²) in [5, 5.41) is 4.69. The zero-order valence-electron chi connectivity index (χ0n) is 11.7. The van der Waals surface area contributed by atoms with Crippen LogP contribution >= 0.6 is 23.2 Å². The number of benzene rings is 1. The molecule has 0 aliphatic carbocycles. The van der Waals surface area contributed by atoms with Gasteiger partial charge >= 0.3 is 0 Å². The molecule has 1 aromatic carbocycles.